The van der Waals surface area contributed by atoms with E-state index in [1.807, 2.05) is 38.1 Å². The molecule has 0 aliphatic carbocycles. The van der Waals surface area contributed by atoms with Gasteiger partial charge in [-0.15, -0.1) is 4.09 Å². The van der Waals surface area contributed by atoms with Crippen LogP contribution in [0.1, 0.15) is 40.2 Å². The quantitative estimate of drug-likeness (QED) is 0.641. The lowest BCUT2D eigenvalue weighted by Gasteiger charge is -2.19. The summed E-state index contributed by atoms with van der Waals surface area (Å²) in [4.78, 5) is 4.50. The molecule has 0 spiro atoms. The van der Waals surface area contributed by atoms with Crippen molar-refractivity contribution in [3.05, 3.63) is 60.2 Å². The summed E-state index contributed by atoms with van der Waals surface area (Å²) < 4.78 is 32.8. The Morgan fingerprint density at radius 2 is 1.57 bits per heavy atom. The van der Waals surface area contributed by atoms with Crippen LogP contribution < -0.4 is 4.74 Å². The van der Waals surface area contributed by atoms with Crippen LogP contribution in [-0.4, -0.2) is 28.7 Å². The van der Waals surface area contributed by atoms with Crippen molar-refractivity contribution in [1.29, 1.82) is 0 Å². The Hall–Kier alpha value is -2.67. The van der Waals surface area contributed by atoms with E-state index in [2.05, 4.69) is 30.9 Å². The first kappa shape index (κ1) is 20.1. The molecule has 1 heterocycles. The second kappa shape index (κ2) is 7.39. The molecule has 0 bridgehead atoms. The van der Waals surface area contributed by atoms with Crippen molar-refractivity contribution < 1.29 is 13.2 Å². The number of ether oxygens (including phenoxy) is 1. The molecular formula is C21H25N3O3S. The van der Waals surface area contributed by atoms with E-state index in [1.165, 1.54) is 12.1 Å². The predicted molar refractivity (Wildman–Crippen MR) is 109 cm³/mol. The molecule has 7 heteroatoms. The van der Waals surface area contributed by atoms with Gasteiger partial charge in [0.1, 0.15) is 0 Å². The molecular weight excluding hydrogens is 374 g/mol. The fraction of sp³-hybridized carbons (Fsp3) is 0.333. The highest BCUT2D eigenvalue weighted by atomic mass is 32.2. The van der Waals surface area contributed by atoms with Gasteiger partial charge in [-0.05, 0) is 37.0 Å². The molecule has 0 atom stereocenters. The molecule has 0 saturated heterocycles. The topological polar surface area (TPSA) is 74.1 Å². The Labute approximate surface area is 166 Å². The van der Waals surface area contributed by atoms with Crippen LogP contribution in [0, 0.1) is 0 Å². The molecule has 28 heavy (non-hydrogen) atoms. The highest BCUT2D eigenvalue weighted by Gasteiger charge is 2.26. The highest BCUT2D eigenvalue weighted by molar-refractivity contribution is 7.90. The number of benzene rings is 2. The van der Waals surface area contributed by atoms with Crippen molar-refractivity contribution in [2.24, 2.45) is 0 Å². The van der Waals surface area contributed by atoms with Crippen LogP contribution in [0.5, 0.6) is 6.01 Å². The average molecular weight is 400 g/mol. The van der Waals surface area contributed by atoms with E-state index in [9.17, 15) is 8.42 Å². The minimum absolute atomic E-state index is 0.00572. The van der Waals surface area contributed by atoms with Gasteiger partial charge in [-0.25, -0.2) is 0 Å². The summed E-state index contributed by atoms with van der Waals surface area (Å²) in [5.74, 6) is 0.222. The largest absolute Gasteiger partial charge is 0.460 e. The summed E-state index contributed by atoms with van der Waals surface area (Å²) in [5, 5.41) is 4.14. The van der Waals surface area contributed by atoms with Gasteiger partial charge < -0.3 is 4.74 Å². The van der Waals surface area contributed by atoms with E-state index in [0.717, 1.165) is 9.65 Å². The van der Waals surface area contributed by atoms with Gasteiger partial charge in [0.2, 0.25) is 0 Å². The summed E-state index contributed by atoms with van der Waals surface area (Å²) in [6, 6.07) is 15.9. The molecule has 0 aliphatic rings. The minimum Gasteiger partial charge on any atom is -0.460 e. The molecule has 0 saturated carbocycles. The van der Waals surface area contributed by atoms with E-state index < -0.39 is 10.0 Å². The van der Waals surface area contributed by atoms with E-state index >= 15 is 0 Å². The maximum atomic E-state index is 13.2. The molecule has 0 unspecified atom stereocenters. The van der Waals surface area contributed by atoms with Crippen LogP contribution in [0.15, 0.2) is 59.5 Å². The van der Waals surface area contributed by atoms with Gasteiger partial charge in [0, 0.05) is 5.56 Å². The van der Waals surface area contributed by atoms with Crippen LogP contribution >= 0.6 is 0 Å². The van der Waals surface area contributed by atoms with Crippen molar-refractivity contribution in [2.75, 3.05) is 0 Å². The minimum atomic E-state index is -3.91. The molecule has 3 aromatic rings. The molecule has 0 amide bonds. The van der Waals surface area contributed by atoms with Crippen LogP contribution in [0.2, 0.25) is 0 Å². The van der Waals surface area contributed by atoms with E-state index in [1.54, 1.807) is 18.2 Å². The van der Waals surface area contributed by atoms with Gasteiger partial charge >= 0.3 is 6.01 Å². The third kappa shape index (κ3) is 4.09. The summed E-state index contributed by atoms with van der Waals surface area (Å²) in [5.41, 5.74) is 1.79. The van der Waals surface area contributed by atoms with Gasteiger partial charge in [0.05, 0.1) is 11.0 Å². The lowest BCUT2D eigenvalue weighted by molar-refractivity contribution is 0.222. The predicted octanol–water partition coefficient (Wildman–Crippen LogP) is 4.27. The van der Waals surface area contributed by atoms with Gasteiger partial charge in [-0.1, -0.05) is 68.3 Å². The summed E-state index contributed by atoms with van der Waals surface area (Å²) in [6.45, 7) is 10.0. The van der Waals surface area contributed by atoms with Gasteiger partial charge in [-0.3, -0.25) is 0 Å². The first-order valence-electron chi connectivity index (χ1n) is 9.14. The number of hydrogen-bond acceptors (Lipinski definition) is 5. The second-order valence-electron chi connectivity index (χ2n) is 7.87. The molecule has 0 N–H and O–H groups in total. The zero-order valence-electron chi connectivity index (χ0n) is 16.7. The van der Waals surface area contributed by atoms with E-state index in [0.29, 0.717) is 5.56 Å². The first-order valence-corrected chi connectivity index (χ1v) is 10.6. The summed E-state index contributed by atoms with van der Waals surface area (Å²) in [7, 11) is -3.91. The van der Waals surface area contributed by atoms with Crippen LogP contribution in [0.3, 0.4) is 0 Å². The number of hydrogen-bond donors (Lipinski definition) is 0. The SMILES string of the molecule is CC(C)Oc1nc(-c2ccc(C(C)(C)C)cc2)n(S(=O)(=O)c2ccccc2)n1. The fourth-order valence-corrected chi connectivity index (χ4v) is 3.95. The summed E-state index contributed by atoms with van der Waals surface area (Å²) in [6.07, 6.45) is -0.175. The highest BCUT2D eigenvalue weighted by Crippen LogP contribution is 2.28. The zero-order valence-corrected chi connectivity index (χ0v) is 17.6. The smallest absolute Gasteiger partial charge is 0.337 e. The van der Waals surface area contributed by atoms with Crippen molar-refractivity contribution >= 4 is 10.0 Å². The molecule has 0 radical (unpaired) electrons. The Balaban J connectivity index is 2.14. The lowest BCUT2D eigenvalue weighted by Crippen LogP contribution is -2.16. The maximum Gasteiger partial charge on any atom is 0.337 e. The molecule has 2 aromatic carbocycles. The molecule has 0 aliphatic heterocycles. The standard InChI is InChI=1S/C21H25N3O3S/c1-15(2)27-20-22-19(16-11-13-17(14-12-16)21(3,4)5)24(23-20)28(25,26)18-9-7-6-8-10-18/h6-15H,1-5H3. The molecule has 1 aromatic heterocycles. The Morgan fingerprint density at radius 3 is 2.11 bits per heavy atom. The zero-order chi connectivity index (χ0) is 20.5. The third-order valence-corrected chi connectivity index (χ3v) is 5.76. The Bertz CT molecular complexity index is 1050. The van der Waals surface area contributed by atoms with E-state index in [-0.39, 0.29) is 28.2 Å². The molecule has 3 rings (SSSR count). The van der Waals surface area contributed by atoms with Crippen LogP contribution in [-0.2, 0) is 15.4 Å². The van der Waals surface area contributed by atoms with Crippen molar-refractivity contribution in [2.45, 2.75) is 51.0 Å². The van der Waals surface area contributed by atoms with Crippen molar-refractivity contribution in [3.8, 4) is 17.4 Å². The van der Waals surface area contributed by atoms with E-state index in [4.69, 9.17) is 4.74 Å². The molecule has 148 valence electrons. The van der Waals surface area contributed by atoms with Gasteiger partial charge in [0.25, 0.3) is 10.0 Å². The normalized spacial score (nSPS) is 12.4. The third-order valence-electron chi connectivity index (χ3n) is 4.18. The van der Waals surface area contributed by atoms with Crippen molar-refractivity contribution in [3.63, 3.8) is 0 Å². The fourth-order valence-electron chi connectivity index (χ4n) is 2.70. The number of nitrogens with zero attached hydrogens (tertiary/aromatic N) is 3. The molecule has 0 fully saturated rings. The Kier molecular flexibility index (Phi) is 5.30. The first-order chi connectivity index (χ1) is 13.1. The van der Waals surface area contributed by atoms with Gasteiger partial charge in [-0.2, -0.15) is 13.4 Å². The second-order valence-corrected chi connectivity index (χ2v) is 9.64. The number of aromatic nitrogens is 3. The molecule has 6 nitrogen and oxygen atoms in total. The maximum absolute atomic E-state index is 13.2. The van der Waals surface area contributed by atoms with Crippen LogP contribution in [0.25, 0.3) is 11.4 Å². The average Bonchev–Trinajstić information content (AvgIpc) is 3.06. The number of rotatable bonds is 5. The Morgan fingerprint density at radius 1 is 0.964 bits per heavy atom. The van der Waals surface area contributed by atoms with Gasteiger partial charge in [0.15, 0.2) is 5.82 Å². The van der Waals surface area contributed by atoms with Crippen LogP contribution in [0.4, 0.5) is 0 Å². The summed E-state index contributed by atoms with van der Waals surface area (Å²) >= 11 is 0. The lowest BCUT2D eigenvalue weighted by atomic mass is 9.87. The van der Waals surface area contributed by atoms with Crippen molar-refractivity contribution in [1.82, 2.24) is 14.2 Å². The monoisotopic (exact) mass is 399 g/mol.